The van der Waals surface area contributed by atoms with Crippen molar-refractivity contribution in [2.45, 2.75) is 26.0 Å². The highest BCUT2D eigenvalue weighted by Gasteiger charge is 2.35. The van der Waals surface area contributed by atoms with E-state index in [9.17, 15) is 13.2 Å². The highest BCUT2D eigenvalue weighted by molar-refractivity contribution is 7.89. The fourth-order valence-electron chi connectivity index (χ4n) is 1.72. The van der Waals surface area contributed by atoms with Gasteiger partial charge in [-0.1, -0.05) is 0 Å². The Kier molecular flexibility index (Phi) is 5.51. The standard InChI is InChI=1S/C10H19NO6S/c1-3-16-10(13)7-18(14,15)11-4-9(5-12)17-6-8(11)2/h8-9,12H,3-7H2,1-2H3. The van der Waals surface area contributed by atoms with Gasteiger partial charge in [0.1, 0.15) is 0 Å². The van der Waals surface area contributed by atoms with Crippen molar-refractivity contribution in [1.29, 1.82) is 0 Å². The third-order valence-electron chi connectivity index (χ3n) is 2.61. The third kappa shape index (κ3) is 3.91. The second-order valence-electron chi connectivity index (χ2n) is 4.12. The van der Waals surface area contributed by atoms with E-state index in [2.05, 4.69) is 4.74 Å². The summed E-state index contributed by atoms with van der Waals surface area (Å²) in [5, 5.41) is 8.99. The van der Waals surface area contributed by atoms with E-state index in [1.54, 1.807) is 13.8 Å². The molecule has 2 unspecified atom stereocenters. The van der Waals surface area contributed by atoms with Crippen molar-refractivity contribution in [2.75, 3.05) is 32.1 Å². The summed E-state index contributed by atoms with van der Waals surface area (Å²) >= 11 is 0. The maximum absolute atomic E-state index is 12.0. The van der Waals surface area contributed by atoms with Gasteiger partial charge < -0.3 is 14.6 Å². The molecule has 0 radical (unpaired) electrons. The molecule has 1 heterocycles. The van der Waals surface area contributed by atoms with Gasteiger partial charge in [-0.05, 0) is 13.8 Å². The number of sulfonamides is 1. The van der Waals surface area contributed by atoms with E-state index >= 15 is 0 Å². The van der Waals surface area contributed by atoms with Crippen molar-refractivity contribution < 1.29 is 27.8 Å². The van der Waals surface area contributed by atoms with Crippen molar-refractivity contribution in [3.05, 3.63) is 0 Å². The van der Waals surface area contributed by atoms with Gasteiger partial charge in [0, 0.05) is 12.6 Å². The van der Waals surface area contributed by atoms with Gasteiger partial charge in [-0.15, -0.1) is 0 Å². The number of esters is 1. The van der Waals surface area contributed by atoms with E-state index in [-0.39, 0.29) is 32.4 Å². The van der Waals surface area contributed by atoms with Crippen LogP contribution in [0.1, 0.15) is 13.8 Å². The molecule has 0 spiro atoms. The molecule has 0 amide bonds. The van der Waals surface area contributed by atoms with Crippen molar-refractivity contribution >= 4 is 16.0 Å². The number of aliphatic hydroxyl groups is 1. The molecule has 18 heavy (non-hydrogen) atoms. The molecule has 0 aromatic rings. The van der Waals surface area contributed by atoms with Gasteiger partial charge in [0.2, 0.25) is 10.0 Å². The summed E-state index contributed by atoms with van der Waals surface area (Å²) in [5.74, 6) is -1.44. The lowest BCUT2D eigenvalue weighted by molar-refractivity contribution is -0.140. The Morgan fingerprint density at radius 2 is 2.22 bits per heavy atom. The molecule has 0 aromatic heterocycles. The predicted octanol–water partition coefficient (Wildman–Crippen LogP) is -1.04. The van der Waals surface area contributed by atoms with Crippen molar-refractivity contribution in [1.82, 2.24) is 4.31 Å². The maximum Gasteiger partial charge on any atom is 0.322 e. The Morgan fingerprint density at radius 3 is 2.78 bits per heavy atom. The lowest BCUT2D eigenvalue weighted by Gasteiger charge is -2.36. The van der Waals surface area contributed by atoms with Gasteiger partial charge in [0.25, 0.3) is 0 Å². The summed E-state index contributed by atoms with van der Waals surface area (Å²) < 4.78 is 35.1. The smallest absolute Gasteiger partial charge is 0.322 e. The molecule has 2 atom stereocenters. The Labute approximate surface area is 107 Å². The first kappa shape index (κ1) is 15.4. The average Bonchev–Trinajstić information content (AvgIpc) is 2.29. The highest BCUT2D eigenvalue weighted by Crippen LogP contribution is 2.16. The molecule has 7 nitrogen and oxygen atoms in total. The van der Waals surface area contributed by atoms with Crippen LogP contribution >= 0.6 is 0 Å². The van der Waals surface area contributed by atoms with Gasteiger partial charge in [-0.25, -0.2) is 8.42 Å². The first-order valence-corrected chi connectivity index (χ1v) is 7.39. The zero-order valence-corrected chi connectivity index (χ0v) is 11.4. The molecule has 1 aliphatic heterocycles. The number of aliphatic hydroxyl groups excluding tert-OH is 1. The SMILES string of the molecule is CCOC(=O)CS(=O)(=O)N1CC(CO)OCC1C. The Hall–Kier alpha value is -0.700. The second-order valence-corrected chi connectivity index (χ2v) is 6.04. The molecular weight excluding hydrogens is 262 g/mol. The minimum atomic E-state index is -3.73. The number of carbonyl (C=O) groups excluding carboxylic acids is 1. The summed E-state index contributed by atoms with van der Waals surface area (Å²) in [4.78, 5) is 11.3. The normalized spacial score (nSPS) is 25.9. The van der Waals surface area contributed by atoms with E-state index in [0.717, 1.165) is 0 Å². The van der Waals surface area contributed by atoms with Crippen LogP contribution in [-0.4, -0.2) is 68.1 Å². The molecule has 106 valence electrons. The Morgan fingerprint density at radius 1 is 1.56 bits per heavy atom. The topological polar surface area (TPSA) is 93.1 Å². The molecule has 1 rings (SSSR count). The average molecular weight is 281 g/mol. The first-order chi connectivity index (χ1) is 8.40. The minimum Gasteiger partial charge on any atom is -0.465 e. The molecule has 1 saturated heterocycles. The van der Waals surface area contributed by atoms with Crippen molar-refractivity contribution in [2.24, 2.45) is 0 Å². The van der Waals surface area contributed by atoms with Gasteiger partial charge in [0.05, 0.1) is 25.9 Å². The van der Waals surface area contributed by atoms with Crippen LogP contribution in [-0.2, 0) is 24.3 Å². The van der Waals surface area contributed by atoms with E-state index < -0.39 is 27.8 Å². The molecule has 0 saturated carbocycles. The van der Waals surface area contributed by atoms with Crippen LogP contribution in [0.2, 0.25) is 0 Å². The number of nitrogens with zero attached hydrogens (tertiary/aromatic N) is 1. The van der Waals surface area contributed by atoms with E-state index in [4.69, 9.17) is 9.84 Å². The number of ether oxygens (including phenoxy) is 2. The molecule has 1 aliphatic rings. The number of hydrogen-bond acceptors (Lipinski definition) is 6. The number of hydrogen-bond donors (Lipinski definition) is 1. The molecule has 0 aliphatic carbocycles. The summed E-state index contributed by atoms with van der Waals surface area (Å²) in [6.45, 7) is 3.46. The van der Waals surface area contributed by atoms with Gasteiger partial charge in [-0.2, -0.15) is 4.31 Å². The van der Waals surface area contributed by atoms with Crippen LogP contribution in [0.15, 0.2) is 0 Å². The monoisotopic (exact) mass is 281 g/mol. The zero-order chi connectivity index (χ0) is 13.8. The van der Waals surface area contributed by atoms with Gasteiger partial charge in [0.15, 0.2) is 5.75 Å². The Balaban J connectivity index is 2.73. The lowest BCUT2D eigenvalue weighted by Crippen LogP contribution is -2.53. The predicted molar refractivity (Wildman–Crippen MR) is 63.4 cm³/mol. The van der Waals surface area contributed by atoms with Crippen LogP contribution in [0.4, 0.5) is 0 Å². The van der Waals surface area contributed by atoms with Crippen LogP contribution in [0, 0.1) is 0 Å². The fraction of sp³-hybridized carbons (Fsp3) is 0.900. The molecule has 1 N–H and O–H groups in total. The summed E-state index contributed by atoms with van der Waals surface area (Å²) in [5.41, 5.74) is 0. The maximum atomic E-state index is 12.0. The van der Waals surface area contributed by atoms with Gasteiger partial charge >= 0.3 is 5.97 Å². The highest BCUT2D eigenvalue weighted by atomic mass is 32.2. The van der Waals surface area contributed by atoms with Crippen LogP contribution < -0.4 is 0 Å². The first-order valence-electron chi connectivity index (χ1n) is 5.78. The van der Waals surface area contributed by atoms with E-state index in [1.165, 1.54) is 4.31 Å². The third-order valence-corrected chi connectivity index (χ3v) is 4.44. The van der Waals surface area contributed by atoms with E-state index in [1.807, 2.05) is 0 Å². The molecule has 0 aromatic carbocycles. The van der Waals surface area contributed by atoms with Crippen LogP contribution in [0.25, 0.3) is 0 Å². The second kappa shape index (κ2) is 6.46. The number of carbonyl (C=O) groups is 1. The molecule has 8 heteroatoms. The number of morpholine rings is 1. The molecular formula is C10H19NO6S. The minimum absolute atomic E-state index is 0.0550. The summed E-state index contributed by atoms with van der Waals surface area (Å²) in [6.07, 6.45) is -0.543. The van der Waals surface area contributed by atoms with Crippen molar-refractivity contribution in [3.63, 3.8) is 0 Å². The Bertz CT molecular complexity index is 382. The van der Waals surface area contributed by atoms with E-state index in [0.29, 0.717) is 0 Å². The summed E-state index contributed by atoms with van der Waals surface area (Å²) in [7, 11) is -3.73. The van der Waals surface area contributed by atoms with Crippen LogP contribution in [0.5, 0.6) is 0 Å². The molecule has 1 fully saturated rings. The fourth-order valence-corrected chi connectivity index (χ4v) is 3.27. The van der Waals surface area contributed by atoms with Gasteiger partial charge in [-0.3, -0.25) is 4.79 Å². The zero-order valence-electron chi connectivity index (χ0n) is 10.5. The number of rotatable bonds is 5. The van der Waals surface area contributed by atoms with Crippen molar-refractivity contribution in [3.8, 4) is 0 Å². The summed E-state index contributed by atoms with van der Waals surface area (Å²) in [6, 6.07) is -0.354. The largest absolute Gasteiger partial charge is 0.465 e. The molecule has 0 bridgehead atoms. The lowest BCUT2D eigenvalue weighted by atomic mass is 10.2. The quantitative estimate of drug-likeness (QED) is 0.647. The van der Waals surface area contributed by atoms with Crippen LogP contribution in [0.3, 0.4) is 0 Å².